The number of thioether (sulfide) groups is 1. The summed E-state index contributed by atoms with van der Waals surface area (Å²) < 4.78 is -0.118. The minimum Gasteiger partial charge on any atom is -0.352 e. The summed E-state index contributed by atoms with van der Waals surface area (Å²) in [7, 11) is 0. The van der Waals surface area contributed by atoms with Gasteiger partial charge in [-0.1, -0.05) is 32.3 Å². The minimum atomic E-state index is -0.118. The molecule has 2 aliphatic rings. The van der Waals surface area contributed by atoms with E-state index < -0.39 is 0 Å². The van der Waals surface area contributed by atoms with Crippen molar-refractivity contribution >= 4 is 17.7 Å². The molecule has 0 aromatic carbocycles. The Bertz CT molecular complexity index is 327. The first-order valence-corrected chi connectivity index (χ1v) is 8.15. The first-order valence-electron chi connectivity index (χ1n) is 7.33. The van der Waals surface area contributed by atoms with Crippen LogP contribution < -0.4 is 5.32 Å². The van der Waals surface area contributed by atoms with E-state index in [9.17, 15) is 4.79 Å². The standard InChI is InChI=1S/C15H25NOS/c1-3-7-12(2)18-15(10-11-15)14(17)16-13-8-5-4-6-9-13/h7,13H,3-6,8-11H2,1-2H3,(H,16,17)/b12-7+. The third-order valence-corrected chi connectivity index (χ3v) is 5.38. The highest BCUT2D eigenvalue weighted by Gasteiger charge is 2.51. The van der Waals surface area contributed by atoms with Crippen LogP contribution in [0.3, 0.4) is 0 Å². The van der Waals surface area contributed by atoms with E-state index in [2.05, 4.69) is 25.2 Å². The molecule has 0 atom stereocenters. The second-order valence-electron chi connectivity index (χ2n) is 5.63. The minimum absolute atomic E-state index is 0.118. The van der Waals surface area contributed by atoms with Crippen LogP contribution in [-0.4, -0.2) is 16.7 Å². The van der Waals surface area contributed by atoms with Crippen LogP contribution in [0.5, 0.6) is 0 Å². The molecule has 0 bridgehead atoms. The Morgan fingerprint density at radius 1 is 1.33 bits per heavy atom. The molecule has 18 heavy (non-hydrogen) atoms. The van der Waals surface area contributed by atoms with E-state index in [1.165, 1.54) is 37.0 Å². The van der Waals surface area contributed by atoms with Crippen molar-refractivity contribution in [1.29, 1.82) is 0 Å². The fraction of sp³-hybridized carbons (Fsp3) is 0.800. The van der Waals surface area contributed by atoms with Crippen LogP contribution in [0.4, 0.5) is 0 Å². The number of amides is 1. The SMILES string of the molecule is CC/C=C(\C)SC1(C(=O)NC2CCCCC2)CC1. The van der Waals surface area contributed by atoms with E-state index in [4.69, 9.17) is 0 Å². The highest BCUT2D eigenvalue weighted by molar-refractivity contribution is 8.05. The molecule has 0 unspecified atom stereocenters. The highest BCUT2D eigenvalue weighted by atomic mass is 32.2. The smallest absolute Gasteiger partial charge is 0.236 e. The highest BCUT2D eigenvalue weighted by Crippen LogP contribution is 2.51. The summed E-state index contributed by atoms with van der Waals surface area (Å²) in [6, 6.07) is 0.444. The van der Waals surface area contributed by atoms with Crippen molar-refractivity contribution in [2.75, 3.05) is 0 Å². The maximum absolute atomic E-state index is 12.4. The zero-order valence-electron chi connectivity index (χ0n) is 11.6. The number of nitrogens with one attached hydrogen (secondary N) is 1. The number of hydrogen-bond acceptors (Lipinski definition) is 2. The Hall–Kier alpha value is -0.440. The summed E-state index contributed by atoms with van der Waals surface area (Å²) in [5, 5.41) is 3.28. The van der Waals surface area contributed by atoms with Crippen LogP contribution >= 0.6 is 11.8 Å². The molecule has 1 amide bonds. The number of carbonyl (C=O) groups is 1. The van der Waals surface area contributed by atoms with Crippen molar-refractivity contribution in [2.45, 2.75) is 76.0 Å². The van der Waals surface area contributed by atoms with Gasteiger partial charge in [-0.2, -0.15) is 0 Å². The summed E-state index contributed by atoms with van der Waals surface area (Å²) in [5.41, 5.74) is 0. The van der Waals surface area contributed by atoms with Gasteiger partial charge in [0.25, 0.3) is 0 Å². The van der Waals surface area contributed by atoms with Crippen molar-refractivity contribution in [3.63, 3.8) is 0 Å². The molecule has 3 heteroatoms. The summed E-state index contributed by atoms with van der Waals surface area (Å²) in [6.45, 7) is 4.27. The first kappa shape index (κ1) is 14.0. The summed E-state index contributed by atoms with van der Waals surface area (Å²) in [6.07, 6.45) is 11.6. The van der Waals surface area contributed by atoms with Crippen LogP contribution in [0.2, 0.25) is 0 Å². The molecule has 2 saturated carbocycles. The Balaban J connectivity index is 1.85. The van der Waals surface area contributed by atoms with E-state index >= 15 is 0 Å². The molecule has 2 rings (SSSR count). The molecule has 2 nitrogen and oxygen atoms in total. The predicted octanol–water partition coefficient (Wildman–Crippen LogP) is 4.01. The Morgan fingerprint density at radius 3 is 2.56 bits per heavy atom. The van der Waals surface area contributed by atoms with Gasteiger partial charge >= 0.3 is 0 Å². The number of allylic oxidation sites excluding steroid dienone is 2. The molecule has 0 saturated heterocycles. The number of carbonyl (C=O) groups excluding carboxylic acids is 1. The third kappa shape index (κ3) is 3.53. The monoisotopic (exact) mass is 267 g/mol. The van der Waals surface area contributed by atoms with Gasteiger partial charge in [0, 0.05) is 6.04 Å². The van der Waals surface area contributed by atoms with Gasteiger partial charge in [0.05, 0.1) is 4.75 Å². The van der Waals surface area contributed by atoms with Crippen LogP contribution in [0.1, 0.15) is 65.2 Å². The quantitative estimate of drug-likeness (QED) is 0.815. The van der Waals surface area contributed by atoms with Gasteiger partial charge in [-0.3, -0.25) is 4.79 Å². The fourth-order valence-electron chi connectivity index (χ4n) is 2.69. The molecule has 0 spiro atoms. The summed E-state index contributed by atoms with van der Waals surface area (Å²) in [4.78, 5) is 13.7. The van der Waals surface area contributed by atoms with Crippen LogP contribution in [0, 0.1) is 0 Å². The third-order valence-electron chi connectivity index (χ3n) is 3.91. The second kappa shape index (κ2) is 6.14. The van der Waals surface area contributed by atoms with E-state index in [0.717, 1.165) is 19.3 Å². The Kier molecular flexibility index (Phi) is 4.77. The lowest BCUT2D eigenvalue weighted by Gasteiger charge is -2.25. The lowest BCUT2D eigenvalue weighted by atomic mass is 9.95. The average Bonchev–Trinajstić information content (AvgIpc) is 3.11. The van der Waals surface area contributed by atoms with Crippen LogP contribution in [0.15, 0.2) is 11.0 Å². The average molecular weight is 267 g/mol. The lowest BCUT2D eigenvalue weighted by Crippen LogP contribution is -2.42. The van der Waals surface area contributed by atoms with Crippen molar-refractivity contribution in [3.8, 4) is 0 Å². The summed E-state index contributed by atoms with van der Waals surface area (Å²) >= 11 is 1.78. The second-order valence-corrected chi connectivity index (χ2v) is 7.26. The van der Waals surface area contributed by atoms with Crippen molar-refractivity contribution in [2.24, 2.45) is 0 Å². The molecule has 1 N–H and O–H groups in total. The molecular weight excluding hydrogens is 242 g/mol. The lowest BCUT2D eigenvalue weighted by molar-refractivity contribution is -0.122. The van der Waals surface area contributed by atoms with Gasteiger partial charge in [0.2, 0.25) is 5.91 Å². The Morgan fingerprint density at radius 2 is 2.00 bits per heavy atom. The van der Waals surface area contributed by atoms with Crippen molar-refractivity contribution in [1.82, 2.24) is 5.32 Å². The first-order chi connectivity index (χ1) is 8.66. The summed E-state index contributed by atoms with van der Waals surface area (Å²) in [5.74, 6) is 0.295. The van der Waals surface area contributed by atoms with Crippen molar-refractivity contribution in [3.05, 3.63) is 11.0 Å². The Labute approximate surface area is 115 Å². The molecular formula is C15H25NOS. The van der Waals surface area contributed by atoms with E-state index in [-0.39, 0.29) is 4.75 Å². The van der Waals surface area contributed by atoms with Gasteiger partial charge < -0.3 is 5.32 Å². The van der Waals surface area contributed by atoms with Gasteiger partial charge in [-0.25, -0.2) is 0 Å². The molecule has 0 aromatic rings. The molecule has 2 fully saturated rings. The molecule has 2 aliphatic carbocycles. The van der Waals surface area contributed by atoms with Gasteiger partial charge in [0.15, 0.2) is 0 Å². The number of rotatable bonds is 5. The van der Waals surface area contributed by atoms with Gasteiger partial charge in [-0.05, 0) is 43.9 Å². The molecule has 0 radical (unpaired) electrons. The maximum Gasteiger partial charge on any atom is 0.236 e. The molecule has 0 aromatic heterocycles. The van der Waals surface area contributed by atoms with E-state index in [1.807, 2.05) is 0 Å². The largest absolute Gasteiger partial charge is 0.352 e. The molecule has 102 valence electrons. The van der Waals surface area contributed by atoms with Crippen molar-refractivity contribution < 1.29 is 4.79 Å². The maximum atomic E-state index is 12.4. The van der Waals surface area contributed by atoms with Crippen LogP contribution in [0.25, 0.3) is 0 Å². The van der Waals surface area contributed by atoms with E-state index in [1.54, 1.807) is 11.8 Å². The van der Waals surface area contributed by atoms with E-state index in [0.29, 0.717) is 11.9 Å². The normalized spacial score (nSPS) is 23.8. The van der Waals surface area contributed by atoms with Gasteiger partial charge in [-0.15, -0.1) is 11.8 Å². The zero-order chi connectivity index (χ0) is 13.0. The van der Waals surface area contributed by atoms with Gasteiger partial charge in [0.1, 0.15) is 0 Å². The fourth-order valence-corrected chi connectivity index (χ4v) is 4.01. The molecule has 0 aliphatic heterocycles. The number of hydrogen-bond donors (Lipinski definition) is 1. The van der Waals surface area contributed by atoms with Crippen LogP contribution in [-0.2, 0) is 4.79 Å². The zero-order valence-corrected chi connectivity index (χ0v) is 12.4. The topological polar surface area (TPSA) is 29.1 Å². The molecule has 0 heterocycles. The predicted molar refractivity (Wildman–Crippen MR) is 78.6 cm³/mol.